The maximum atomic E-state index is 11.9. The number of thiophene rings is 1. The van der Waals surface area contributed by atoms with Crippen LogP contribution in [0.5, 0.6) is 0 Å². The molecule has 0 aliphatic heterocycles. The quantitative estimate of drug-likeness (QED) is 0.870. The van der Waals surface area contributed by atoms with Gasteiger partial charge in [0.25, 0.3) is 5.91 Å². The van der Waals surface area contributed by atoms with Crippen molar-refractivity contribution in [1.82, 2.24) is 10.2 Å². The van der Waals surface area contributed by atoms with E-state index in [2.05, 4.69) is 15.5 Å². The first-order valence-corrected chi connectivity index (χ1v) is 6.87. The number of amides is 1. The number of aryl methyl sites for hydroxylation is 2. The fourth-order valence-corrected chi connectivity index (χ4v) is 3.54. The molecule has 5 nitrogen and oxygen atoms in total. The molecule has 2 heterocycles. The molecule has 0 saturated heterocycles. The lowest BCUT2D eigenvalue weighted by atomic mass is 10.2. The van der Waals surface area contributed by atoms with Crippen LogP contribution in [0.2, 0.25) is 0 Å². The fourth-order valence-electron chi connectivity index (χ4n) is 1.88. The van der Waals surface area contributed by atoms with Crippen molar-refractivity contribution in [3.8, 4) is 0 Å². The molecule has 2 aromatic rings. The Balaban J connectivity index is 1.77. The van der Waals surface area contributed by atoms with Crippen LogP contribution in [0.4, 0.5) is 10.3 Å². The summed E-state index contributed by atoms with van der Waals surface area (Å²) in [6, 6.07) is 1.98. The molecule has 3 rings (SSSR count). The lowest BCUT2D eigenvalue weighted by Crippen LogP contribution is -2.09. The number of carbonyl (C=O) groups is 1. The van der Waals surface area contributed by atoms with E-state index in [4.69, 9.17) is 5.73 Å². The molecule has 0 bridgehead atoms. The van der Waals surface area contributed by atoms with Crippen LogP contribution in [0.25, 0.3) is 0 Å². The first-order chi connectivity index (χ1) is 8.22. The number of aromatic nitrogens is 2. The normalized spacial score (nSPS) is 13.6. The zero-order valence-corrected chi connectivity index (χ0v) is 10.5. The molecule has 1 aliphatic rings. The van der Waals surface area contributed by atoms with Gasteiger partial charge in [-0.3, -0.25) is 10.1 Å². The largest absolute Gasteiger partial charge is 0.374 e. The highest BCUT2D eigenvalue weighted by Crippen LogP contribution is 2.31. The predicted molar refractivity (Wildman–Crippen MR) is 68.6 cm³/mol. The van der Waals surface area contributed by atoms with E-state index in [1.165, 1.54) is 28.2 Å². The lowest BCUT2D eigenvalue weighted by Gasteiger charge is -1.96. The van der Waals surface area contributed by atoms with Crippen LogP contribution in [0.15, 0.2) is 6.07 Å². The van der Waals surface area contributed by atoms with Crippen molar-refractivity contribution in [3.05, 3.63) is 21.4 Å². The average Bonchev–Trinajstić information content (AvgIpc) is 2.92. The standard InChI is InChI=1S/C10H10N4OS2/c11-9-13-14-10(17-9)12-8(15)7-4-5-2-1-3-6(5)16-7/h4H,1-3H2,(H2,11,13)(H,12,14,15). The van der Waals surface area contributed by atoms with Gasteiger partial charge < -0.3 is 5.73 Å². The Morgan fingerprint density at radius 3 is 2.94 bits per heavy atom. The van der Waals surface area contributed by atoms with Crippen molar-refractivity contribution < 1.29 is 4.79 Å². The van der Waals surface area contributed by atoms with Crippen LogP contribution in [-0.4, -0.2) is 16.1 Å². The number of anilines is 2. The molecule has 3 N–H and O–H groups in total. The highest BCUT2D eigenvalue weighted by Gasteiger charge is 2.19. The molecule has 17 heavy (non-hydrogen) atoms. The smallest absolute Gasteiger partial charge is 0.267 e. The summed E-state index contributed by atoms with van der Waals surface area (Å²) < 4.78 is 0. The van der Waals surface area contributed by atoms with Gasteiger partial charge in [0.2, 0.25) is 10.3 Å². The van der Waals surface area contributed by atoms with E-state index in [0.29, 0.717) is 10.3 Å². The maximum Gasteiger partial charge on any atom is 0.267 e. The van der Waals surface area contributed by atoms with Crippen molar-refractivity contribution in [2.24, 2.45) is 0 Å². The molecule has 0 spiro atoms. The number of carbonyl (C=O) groups excluding carboxylic acids is 1. The summed E-state index contributed by atoms with van der Waals surface area (Å²) in [4.78, 5) is 14.0. The number of rotatable bonds is 2. The van der Waals surface area contributed by atoms with E-state index in [-0.39, 0.29) is 5.91 Å². The molecule has 0 unspecified atom stereocenters. The Morgan fingerprint density at radius 1 is 1.35 bits per heavy atom. The molecule has 1 aliphatic carbocycles. The van der Waals surface area contributed by atoms with Crippen LogP contribution >= 0.6 is 22.7 Å². The van der Waals surface area contributed by atoms with Gasteiger partial charge in [-0.2, -0.15) is 0 Å². The van der Waals surface area contributed by atoms with Gasteiger partial charge in [-0.15, -0.1) is 21.5 Å². The molecule has 0 radical (unpaired) electrons. The van der Waals surface area contributed by atoms with Gasteiger partial charge in [0.15, 0.2) is 0 Å². The molecule has 0 saturated carbocycles. The van der Waals surface area contributed by atoms with E-state index in [0.717, 1.165) is 17.7 Å². The number of nitrogens with zero attached hydrogens (tertiary/aromatic N) is 2. The number of hydrogen-bond acceptors (Lipinski definition) is 6. The topological polar surface area (TPSA) is 80.9 Å². The highest BCUT2D eigenvalue weighted by atomic mass is 32.1. The van der Waals surface area contributed by atoms with Gasteiger partial charge in [-0.1, -0.05) is 11.3 Å². The van der Waals surface area contributed by atoms with Gasteiger partial charge in [-0.25, -0.2) is 0 Å². The summed E-state index contributed by atoms with van der Waals surface area (Å²) in [6.07, 6.45) is 3.39. The van der Waals surface area contributed by atoms with Gasteiger partial charge in [0.1, 0.15) is 0 Å². The molecule has 1 amide bonds. The Labute approximate surface area is 106 Å². The lowest BCUT2D eigenvalue weighted by molar-refractivity contribution is 0.103. The summed E-state index contributed by atoms with van der Waals surface area (Å²) in [6.45, 7) is 0. The van der Waals surface area contributed by atoms with Crippen LogP contribution in [0.3, 0.4) is 0 Å². The summed E-state index contributed by atoms with van der Waals surface area (Å²) in [7, 11) is 0. The Kier molecular flexibility index (Phi) is 2.56. The minimum Gasteiger partial charge on any atom is -0.374 e. The number of nitrogens with two attached hydrogens (primary N) is 1. The van der Waals surface area contributed by atoms with E-state index in [1.807, 2.05) is 6.07 Å². The molecule has 88 valence electrons. The van der Waals surface area contributed by atoms with Crippen LogP contribution in [0, 0.1) is 0 Å². The van der Waals surface area contributed by atoms with Crippen LogP contribution < -0.4 is 11.1 Å². The van der Waals surface area contributed by atoms with Gasteiger partial charge in [0, 0.05) is 4.88 Å². The van der Waals surface area contributed by atoms with Gasteiger partial charge in [-0.05, 0) is 30.9 Å². The van der Waals surface area contributed by atoms with Crippen molar-refractivity contribution in [3.63, 3.8) is 0 Å². The zero-order chi connectivity index (χ0) is 11.8. The number of hydrogen-bond donors (Lipinski definition) is 2. The van der Waals surface area contributed by atoms with Crippen molar-refractivity contribution in [1.29, 1.82) is 0 Å². The van der Waals surface area contributed by atoms with E-state index in [1.54, 1.807) is 11.3 Å². The molecule has 0 aromatic carbocycles. The average molecular weight is 266 g/mol. The maximum absolute atomic E-state index is 11.9. The summed E-state index contributed by atoms with van der Waals surface area (Å²) in [5.74, 6) is -0.124. The second-order valence-corrected chi connectivity index (χ2v) is 5.96. The van der Waals surface area contributed by atoms with Crippen molar-refractivity contribution in [2.45, 2.75) is 19.3 Å². The fraction of sp³-hybridized carbons (Fsp3) is 0.300. The minimum absolute atomic E-state index is 0.124. The first-order valence-electron chi connectivity index (χ1n) is 5.24. The van der Waals surface area contributed by atoms with E-state index < -0.39 is 0 Å². The van der Waals surface area contributed by atoms with Crippen LogP contribution in [-0.2, 0) is 12.8 Å². The van der Waals surface area contributed by atoms with Crippen LogP contribution in [0.1, 0.15) is 26.5 Å². The van der Waals surface area contributed by atoms with E-state index in [9.17, 15) is 4.79 Å². The van der Waals surface area contributed by atoms with Crippen molar-refractivity contribution >= 4 is 38.8 Å². The summed E-state index contributed by atoms with van der Waals surface area (Å²) >= 11 is 2.74. The molecule has 7 heteroatoms. The van der Waals surface area contributed by atoms with Gasteiger partial charge >= 0.3 is 0 Å². The second kappa shape index (κ2) is 4.08. The zero-order valence-electron chi connectivity index (χ0n) is 8.90. The third-order valence-electron chi connectivity index (χ3n) is 2.63. The minimum atomic E-state index is -0.124. The van der Waals surface area contributed by atoms with Gasteiger partial charge in [0.05, 0.1) is 4.88 Å². The SMILES string of the molecule is Nc1nnc(NC(=O)c2cc3c(s2)CCC3)s1. The Bertz CT molecular complexity index is 553. The Morgan fingerprint density at radius 2 is 2.24 bits per heavy atom. The molecule has 0 fully saturated rings. The molecule has 2 aromatic heterocycles. The third kappa shape index (κ3) is 2.03. The third-order valence-corrected chi connectivity index (χ3v) is 4.54. The Hall–Kier alpha value is -1.47. The summed E-state index contributed by atoms with van der Waals surface area (Å²) in [5.41, 5.74) is 6.76. The number of nitrogens with one attached hydrogen (secondary N) is 1. The summed E-state index contributed by atoms with van der Waals surface area (Å²) in [5, 5.41) is 10.9. The predicted octanol–water partition coefficient (Wildman–Crippen LogP) is 1.92. The molecule has 0 atom stereocenters. The first kappa shape index (κ1) is 10.7. The second-order valence-electron chi connectivity index (χ2n) is 3.81. The molecular formula is C10H10N4OS2. The number of fused-ring (bicyclic) bond motifs is 1. The molecular weight excluding hydrogens is 256 g/mol. The highest BCUT2D eigenvalue weighted by molar-refractivity contribution is 7.19. The number of nitrogen functional groups attached to an aromatic ring is 1. The van der Waals surface area contributed by atoms with E-state index >= 15 is 0 Å². The monoisotopic (exact) mass is 266 g/mol. The van der Waals surface area contributed by atoms with Crippen molar-refractivity contribution in [2.75, 3.05) is 11.1 Å².